The first kappa shape index (κ1) is 15.2. The monoisotopic (exact) mass is 222 g/mol. The lowest BCUT2D eigenvalue weighted by molar-refractivity contribution is 0.318. The highest BCUT2D eigenvalue weighted by atomic mass is 16.2. The highest BCUT2D eigenvalue weighted by Crippen LogP contribution is 2.13. The quantitative estimate of drug-likeness (QED) is 0.762. The lowest BCUT2D eigenvalue weighted by Gasteiger charge is -2.05. The van der Waals surface area contributed by atoms with Crippen LogP contribution in [0.25, 0.3) is 0 Å². The Bertz CT molecular complexity index is 279. The third kappa shape index (κ3) is 6.62. The maximum absolute atomic E-state index is 7.57. The standard InChI is InChI=1S/C13H20.C2H6O/c1-4-5-6-7-13-9-8-11(2)10-12(13)3;1-2-3/h8-10H,4-7H2,1-3H3;3H,2H2,1H3. The number of aliphatic hydroxyl groups is 1. The lowest BCUT2D eigenvalue weighted by Crippen LogP contribution is -1.90. The Morgan fingerprint density at radius 3 is 2.19 bits per heavy atom. The number of rotatable bonds is 4. The minimum atomic E-state index is 0.250. The van der Waals surface area contributed by atoms with E-state index in [-0.39, 0.29) is 6.61 Å². The number of hydrogen-bond acceptors (Lipinski definition) is 1. The Kier molecular flexibility index (Phi) is 8.93. The highest BCUT2D eigenvalue weighted by Gasteiger charge is 1.97. The zero-order valence-electron chi connectivity index (χ0n) is 11.2. The van der Waals surface area contributed by atoms with Gasteiger partial charge in [0.05, 0.1) is 0 Å². The van der Waals surface area contributed by atoms with Gasteiger partial charge in [-0.1, -0.05) is 43.5 Å². The molecule has 1 heteroatoms. The molecule has 0 saturated carbocycles. The Labute approximate surface area is 101 Å². The first-order valence-electron chi connectivity index (χ1n) is 6.32. The molecule has 0 aromatic heterocycles. The average molecular weight is 222 g/mol. The van der Waals surface area contributed by atoms with E-state index in [0.29, 0.717) is 0 Å². The summed E-state index contributed by atoms with van der Waals surface area (Å²) in [5, 5.41) is 7.57. The molecule has 0 aliphatic carbocycles. The van der Waals surface area contributed by atoms with Crippen LogP contribution in [0.3, 0.4) is 0 Å². The van der Waals surface area contributed by atoms with Gasteiger partial charge >= 0.3 is 0 Å². The van der Waals surface area contributed by atoms with Gasteiger partial charge in [-0.15, -0.1) is 0 Å². The molecule has 0 radical (unpaired) electrons. The summed E-state index contributed by atoms with van der Waals surface area (Å²) >= 11 is 0. The van der Waals surface area contributed by atoms with Crippen molar-refractivity contribution < 1.29 is 5.11 Å². The summed E-state index contributed by atoms with van der Waals surface area (Å²) in [6.45, 7) is 8.55. The van der Waals surface area contributed by atoms with Crippen molar-refractivity contribution in [3.63, 3.8) is 0 Å². The molecule has 0 atom stereocenters. The molecule has 0 bridgehead atoms. The van der Waals surface area contributed by atoms with Crippen molar-refractivity contribution >= 4 is 0 Å². The van der Waals surface area contributed by atoms with Crippen LogP contribution in [-0.2, 0) is 6.42 Å². The third-order valence-electron chi connectivity index (χ3n) is 2.55. The van der Waals surface area contributed by atoms with Crippen LogP contribution in [0.15, 0.2) is 18.2 Å². The van der Waals surface area contributed by atoms with E-state index in [2.05, 4.69) is 39.0 Å². The Morgan fingerprint density at radius 2 is 1.69 bits per heavy atom. The van der Waals surface area contributed by atoms with Gasteiger partial charge in [0.2, 0.25) is 0 Å². The van der Waals surface area contributed by atoms with Gasteiger partial charge in [0.1, 0.15) is 0 Å². The van der Waals surface area contributed by atoms with Gasteiger partial charge in [0.15, 0.2) is 0 Å². The first-order chi connectivity index (χ1) is 7.65. The summed E-state index contributed by atoms with van der Waals surface area (Å²) in [5.74, 6) is 0. The van der Waals surface area contributed by atoms with Gasteiger partial charge in [-0.2, -0.15) is 0 Å². The van der Waals surface area contributed by atoms with Crippen molar-refractivity contribution in [2.45, 2.75) is 53.4 Å². The molecule has 0 unspecified atom stereocenters. The van der Waals surface area contributed by atoms with Gasteiger partial charge in [-0.05, 0) is 44.7 Å². The molecule has 0 aliphatic rings. The molecule has 0 fully saturated rings. The average Bonchev–Trinajstić information content (AvgIpc) is 2.23. The van der Waals surface area contributed by atoms with Crippen LogP contribution in [0.2, 0.25) is 0 Å². The zero-order chi connectivity index (χ0) is 12.4. The minimum Gasteiger partial charge on any atom is -0.397 e. The summed E-state index contributed by atoms with van der Waals surface area (Å²) in [4.78, 5) is 0. The van der Waals surface area contributed by atoms with Crippen molar-refractivity contribution in [1.29, 1.82) is 0 Å². The fourth-order valence-electron chi connectivity index (χ4n) is 1.69. The number of unbranched alkanes of at least 4 members (excludes halogenated alkanes) is 2. The Hall–Kier alpha value is -0.820. The molecule has 1 N–H and O–H groups in total. The third-order valence-corrected chi connectivity index (χ3v) is 2.55. The van der Waals surface area contributed by atoms with E-state index in [1.807, 2.05) is 0 Å². The molecule has 1 aromatic carbocycles. The van der Waals surface area contributed by atoms with Crippen molar-refractivity contribution in [3.05, 3.63) is 34.9 Å². The molecule has 1 rings (SSSR count). The van der Waals surface area contributed by atoms with Gasteiger partial charge < -0.3 is 5.11 Å². The fraction of sp³-hybridized carbons (Fsp3) is 0.600. The maximum Gasteiger partial charge on any atom is 0.0402 e. The van der Waals surface area contributed by atoms with Crippen LogP contribution in [-0.4, -0.2) is 11.7 Å². The molecule has 0 aliphatic heterocycles. The van der Waals surface area contributed by atoms with Crippen LogP contribution in [0, 0.1) is 13.8 Å². The van der Waals surface area contributed by atoms with E-state index in [4.69, 9.17) is 5.11 Å². The molecule has 92 valence electrons. The maximum atomic E-state index is 7.57. The number of aryl methyl sites for hydroxylation is 3. The highest BCUT2D eigenvalue weighted by molar-refractivity contribution is 5.30. The van der Waals surface area contributed by atoms with E-state index in [0.717, 1.165) is 0 Å². The molecule has 1 nitrogen and oxygen atoms in total. The van der Waals surface area contributed by atoms with Gasteiger partial charge in [0.25, 0.3) is 0 Å². The van der Waals surface area contributed by atoms with Crippen LogP contribution in [0.4, 0.5) is 0 Å². The molecule has 16 heavy (non-hydrogen) atoms. The predicted octanol–water partition coefficient (Wildman–Crippen LogP) is 4.03. The van der Waals surface area contributed by atoms with Crippen LogP contribution in [0.5, 0.6) is 0 Å². The Balaban J connectivity index is 0.000000673. The second kappa shape index (κ2) is 9.41. The normalized spacial score (nSPS) is 9.56. The van der Waals surface area contributed by atoms with Crippen molar-refractivity contribution in [2.24, 2.45) is 0 Å². The van der Waals surface area contributed by atoms with Gasteiger partial charge in [0, 0.05) is 6.61 Å². The summed E-state index contributed by atoms with van der Waals surface area (Å²) in [6, 6.07) is 6.77. The lowest BCUT2D eigenvalue weighted by atomic mass is 10.0. The molecule has 0 saturated heterocycles. The molecule has 0 amide bonds. The van der Waals surface area contributed by atoms with E-state index in [1.165, 1.54) is 42.4 Å². The summed E-state index contributed by atoms with van der Waals surface area (Å²) in [6.07, 6.45) is 5.25. The van der Waals surface area contributed by atoms with Crippen molar-refractivity contribution in [1.82, 2.24) is 0 Å². The number of hydrogen-bond donors (Lipinski definition) is 1. The first-order valence-corrected chi connectivity index (χ1v) is 6.32. The minimum absolute atomic E-state index is 0.250. The summed E-state index contributed by atoms with van der Waals surface area (Å²) in [5.41, 5.74) is 4.35. The van der Waals surface area contributed by atoms with Crippen LogP contribution in [0.1, 0.15) is 49.8 Å². The number of aliphatic hydroxyl groups excluding tert-OH is 1. The van der Waals surface area contributed by atoms with Crippen LogP contribution < -0.4 is 0 Å². The molecular formula is C15H26O. The second-order valence-electron chi connectivity index (χ2n) is 4.20. The SMILES string of the molecule is CCCCCc1ccc(C)cc1C.CCO. The van der Waals surface area contributed by atoms with E-state index >= 15 is 0 Å². The smallest absolute Gasteiger partial charge is 0.0402 e. The van der Waals surface area contributed by atoms with Crippen molar-refractivity contribution in [2.75, 3.05) is 6.61 Å². The second-order valence-corrected chi connectivity index (χ2v) is 4.20. The molecule has 0 heterocycles. The molecule has 1 aromatic rings. The van der Waals surface area contributed by atoms with Crippen LogP contribution >= 0.6 is 0 Å². The van der Waals surface area contributed by atoms with E-state index in [9.17, 15) is 0 Å². The topological polar surface area (TPSA) is 20.2 Å². The summed E-state index contributed by atoms with van der Waals surface area (Å²) in [7, 11) is 0. The fourth-order valence-corrected chi connectivity index (χ4v) is 1.69. The van der Waals surface area contributed by atoms with Gasteiger partial charge in [-0.25, -0.2) is 0 Å². The van der Waals surface area contributed by atoms with E-state index < -0.39 is 0 Å². The largest absolute Gasteiger partial charge is 0.397 e. The number of benzene rings is 1. The summed E-state index contributed by atoms with van der Waals surface area (Å²) < 4.78 is 0. The molecular weight excluding hydrogens is 196 g/mol. The van der Waals surface area contributed by atoms with Gasteiger partial charge in [-0.3, -0.25) is 0 Å². The predicted molar refractivity (Wildman–Crippen MR) is 71.9 cm³/mol. The van der Waals surface area contributed by atoms with E-state index in [1.54, 1.807) is 6.92 Å². The Morgan fingerprint density at radius 1 is 1.06 bits per heavy atom. The van der Waals surface area contributed by atoms with Crippen molar-refractivity contribution in [3.8, 4) is 0 Å². The molecule has 0 spiro atoms. The zero-order valence-corrected chi connectivity index (χ0v) is 11.2.